The van der Waals surface area contributed by atoms with E-state index in [4.69, 9.17) is 14.9 Å². The Morgan fingerprint density at radius 2 is 1.74 bits per heavy atom. The van der Waals surface area contributed by atoms with E-state index in [1.165, 1.54) is 43.5 Å². The quantitative estimate of drug-likeness (QED) is 0.268. The Kier molecular flexibility index (Phi) is 8.35. The summed E-state index contributed by atoms with van der Waals surface area (Å²) in [5.74, 6) is -1.84. The highest BCUT2D eigenvalue weighted by molar-refractivity contribution is 7.89. The van der Waals surface area contributed by atoms with Gasteiger partial charge in [0.15, 0.2) is 5.78 Å². The van der Waals surface area contributed by atoms with Crippen molar-refractivity contribution in [3.8, 4) is 5.75 Å². The van der Waals surface area contributed by atoms with Crippen LogP contribution in [0, 0.1) is 5.41 Å². The van der Waals surface area contributed by atoms with Crippen molar-refractivity contribution in [2.24, 2.45) is 0 Å². The lowest BCUT2D eigenvalue weighted by Crippen LogP contribution is -2.32. The zero-order chi connectivity index (χ0) is 23.2. The van der Waals surface area contributed by atoms with Crippen molar-refractivity contribution in [3.63, 3.8) is 0 Å². The minimum absolute atomic E-state index is 0.0436. The molecular weight excluding hydrogens is 424 g/mol. The molecule has 0 radical (unpaired) electrons. The molecule has 1 aromatic carbocycles. The van der Waals surface area contributed by atoms with Gasteiger partial charge in [-0.3, -0.25) is 4.79 Å². The Bertz CT molecular complexity index is 975. The van der Waals surface area contributed by atoms with Crippen LogP contribution in [0.15, 0.2) is 34.4 Å². The normalized spacial score (nSPS) is 16.1. The number of aliphatic hydroxyl groups excluding tert-OH is 1. The van der Waals surface area contributed by atoms with E-state index in [-0.39, 0.29) is 27.5 Å². The highest BCUT2D eigenvalue weighted by Crippen LogP contribution is 2.29. The van der Waals surface area contributed by atoms with Crippen molar-refractivity contribution in [2.45, 2.75) is 44.4 Å². The van der Waals surface area contributed by atoms with E-state index >= 15 is 0 Å². The van der Waals surface area contributed by atoms with Crippen LogP contribution in [0.3, 0.4) is 0 Å². The molecule has 0 aromatic heterocycles. The van der Waals surface area contributed by atoms with Crippen molar-refractivity contribution < 1.29 is 32.6 Å². The van der Waals surface area contributed by atoms with Gasteiger partial charge >= 0.3 is 5.97 Å². The van der Waals surface area contributed by atoms with Gasteiger partial charge in [0.1, 0.15) is 23.0 Å². The number of hydrogen-bond donors (Lipinski definition) is 2. The molecule has 1 saturated heterocycles. The second-order valence-corrected chi connectivity index (χ2v) is 9.17. The fourth-order valence-electron chi connectivity index (χ4n) is 3.40. The number of carbonyl (C=O) groups excluding carboxylic acids is 2. The van der Waals surface area contributed by atoms with Crippen LogP contribution in [0.2, 0.25) is 0 Å². The summed E-state index contributed by atoms with van der Waals surface area (Å²) in [5.41, 5.74) is -0.429. The lowest BCUT2D eigenvalue weighted by molar-refractivity contribution is -0.113. The van der Waals surface area contributed by atoms with Gasteiger partial charge in [0.2, 0.25) is 10.0 Å². The second-order valence-electron chi connectivity index (χ2n) is 7.26. The van der Waals surface area contributed by atoms with Crippen LogP contribution in [-0.2, 0) is 19.6 Å². The minimum Gasteiger partial charge on any atom is -0.508 e. The molecule has 2 N–H and O–H groups in total. The van der Waals surface area contributed by atoms with Crippen LogP contribution < -0.4 is 4.74 Å². The van der Waals surface area contributed by atoms with Crippen LogP contribution in [0.1, 0.15) is 49.9 Å². The molecule has 0 aliphatic carbocycles. The maximum atomic E-state index is 13.2. The fraction of sp³-hybridized carbons (Fsp3) is 0.476. The summed E-state index contributed by atoms with van der Waals surface area (Å²) >= 11 is 0. The number of carbonyl (C=O) groups is 2. The summed E-state index contributed by atoms with van der Waals surface area (Å²) in [6, 6.07) is 3.92. The van der Waals surface area contributed by atoms with E-state index in [0.717, 1.165) is 25.7 Å². The average molecular weight is 453 g/mol. The maximum absolute atomic E-state index is 13.2. The molecule has 0 spiro atoms. The topological polar surface area (TPSA) is 134 Å². The molecule has 0 amide bonds. The van der Waals surface area contributed by atoms with Gasteiger partial charge in [-0.15, -0.1) is 0 Å². The van der Waals surface area contributed by atoms with Crippen molar-refractivity contribution >= 4 is 27.5 Å². The first kappa shape index (κ1) is 24.5. The van der Waals surface area contributed by atoms with Crippen LogP contribution in [0.5, 0.6) is 5.75 Å². The van der Waals surface area contributed by atoms with Crippen molar-refractivity contribution in [2.75, 3.05) is 26.8 Å². The van der Waals surface area contributed by atoms with E-state index in [1.54, 1.807) is 0 Å². The summed E-state index contributed by atoms with van der Waals surface area (Å²) in [5, 5.41) is 17.6. The lowest BCUT2D eigenvalue weighted by atomic mass is 10.1. The molecule has 170 valence electrons. The fourth-order valence-corrected chi connectivity index (χ4v) is 5.10. The monoisotopic (exact) mass is 452 g/mol. The molecule has 1 aliphatic heterocycles. The van der Waals surface area contributed by atoms with Gasteiger partial charge in [0.25, 0.3) is 0 Å². The first-order valence-electron chi connectivity index (χ1n) is 9.93. The molecule has 9 nitrogen and oxygen atoms in total. The smallest absolute Gasteiger partial charge is 0.338 e. The standard InChI is InChI=1S/C21H28N2O7S/c1-14(22)20(15(2)24)17(25)13-30-21(26)16-8-9-18(29-3)19(12-16)31(27,28)23-10-6-4-5-7-11-23/h8-9,12,22,25H,4-7,10-11,13H2,1-3H3/b20-17-,22-14?. The van der Waals surface area contributed by atoms with Gasteiger partial charge in [0.05, 0.1) is 18.2 Å². The number of methoxy groups -OCH3 is 1. The summed E-state index contributed by atoms with van der Waals surface area (Å²) in [6.07, 6.45) is 3.45. The van der Waals surface area contributed by atoms with Gasteiger partial charge < -0.3 is 20.0 Å². The van der Waals surface area contributed by atoms with Crippen LogP contribution in [0.25, 0.3) is 0 Å². The lowest BCUT2D eigenvalue weighted by Gasteiger charge is -2.21. The molecule has 1 aliphatic rings. The molecule has 1 heterocycles. The van der Waals surface area contributed by atoms with Crippen molar-refractivity contribution in [1.82, 2.24) is 4.31 Å². The Morgan fingerprint density at radius 3 is 2.26 bits per heavy atom. The van der Waals surface area contributed by atoms with E-state index < -0.39 is 34.1 Å². The molecule has 31 heavy (non-hydrogen) atoms. The summed E-state index contributed by atoms with van der Waals surface area (Å²) < 4.78 is 38.0. The highest BCUT2D eigenvalue weighted by atomic mass is 32.2. The van der Waals surface area contributed by atoms with Gasteiger partial charge in [0, 0.05) is 18.8 Å². The third-order valence-corrected chi connectivity index (χ3v) is 6.86. The Morgan fingerprint density at radius 1 is 1.13 bits per heavy atom. The van der Waals surface area contributed by atoms with Gasteiger partial charge in [-0.1, -0.05) is 12.8 Å². The molecule has 0 bridgehead atoms. The number of Topliss-reactive ketones (excluding diaryl/α,β-unsaturated/α-hetero) is 1. The van der Waals surface area contributed by atoms with E-state index in [9.17, 15) is 23.1 Å². The van der Waals surface area contributed by atoms with E-state index in [0.29, 0.717) is 13.1 Å². The van der Waals surface area contributed by atoms with Crippen molar-refractivity contribution in [3.05, 3.63) is 35.1 Å². The minimum atomic E-state index is -3.88. The zero-order valence-electron chi connectivity index (χ0n) is 17.9. The first-order valence-corrected chi connectivity index (χ1v) is 11.4. The summed E-state index contributed by atoms with van der Waals surface area (Å²) in [7, 11) is -2.53. The number of allylic oxidation sites excluding steroid dienone is 1. The number of nitrogens with one attached hydrogen (secondary N) is 1. The number of nitrogens with zero attached hydrogens (tertiary/aromatic N) is 1. The van der Waals surface area contributed by atoms with Crippen LogP contribution in [-0.4, -0.2) is 62.1 Å². The molecule has 2 rings (SSSR count). The second kappa shape index (κ2) is 10.5. The maximum Gasteiger partial charge on any atom is 0.338 e. The Balaban J connectivity index is 2.31. The third-order valence-electron chi connectivity index (χ3n) is 4.94. The molecule has 0 atom stereocenters. The predicted octanol–water partition coefficient (Wildman–Crippen LogP) is 2.86. The summed E-state index contributed by atoms with van der Waals surface area (Å²) in [6.45, 7) is 2.70. The zero-order valence-corrected chi connectivity index (χ0v) is 18.8. The molecule has 0 saturated carbocycles. The van der Waals surface area contributed by atoms with Crippen LogP contribution in [0.4, 0.5) is 0 Å². The largest absolute Gasteiger partial charge is 0.508 e. The predicted molar refractivity (Wildman–Crippen MR) is 114 cm³/mol. The van der Waals surface area contributed by atoms with E-state index in [2.05, 4.69) is 0 Å². The number of benzene rings is 1. The highest BCUT2D eigenvalue weighted by Gasteiger charge is 2.29. The SMILES string of the molecule is COc1ccc(C(=O)OC/C(O)=C(\C(C)=N)C(C)=O)cc1S(=O)(=O)N1CCCCCC1. The van der Waals surface area contributed by atoms with Gasteiger partial charge in [-0.25, -0.2) is 13.2 Å². The number of aliphatic hydroxyl groups is 1. The first-order chi connectivity index (χ1) is 14.6. The number of hydrogen-bond acceptors (Lipinski definition) is 8. The number of rotatable bonds is 8. The average Bonchev–Trinajstić information content (AvgIpc) is 3.01. The van der Waals surface area contributed by atoms with Gasteiger partial charge in [-0.2, -0.15) is 4.31 Å². The molecule has 10 heteroatoms. The molecule has 1 aromatic rings. The Hall–Kier alpha value is -2.72. The number of esters is 1. The van der Waals surface area contributed by atoms with Gasteiger partial charge in [-0.05, 0) is 44.9 Å². The Labute approximate surface area is 182 Å². The number of ketones is 1. The van der Waals surface area contributed by atoms with Crippen molar-refractivity contribution in [1.29, 1.82) is 5.41 Å². The molecule has 0 unspecified atom stereocenters. The van der Waals surface area contributed by atoms with E-state index in [1.807, 2.05) is 0 Å². The van der Waals surface area contributed by atoms with Crippen LogP contribution >= 0.6 is 0 Å². The summed E-state index contributed by atoms with van der Waals surface area (Å²) in [4.78, 5) is 23.9. The number of ether oxygens (including phenoxy) is 2. The molecule has 1 fully saturated rings. The number of sulfonamides is 1. The molecular formula is C21H28N2O7S. The third kappa shape index (κ3) is 5.92.